The molecule has 0 fully saturated rings. The van der Waals surface area contributed by atoms with Gasteiger partial charge in [-0.1, -0.05) is 19.9 Å². The Hall–Kier alpha value is -0.840. The zero-order valence-electron chi connectivity index (χ0n) is 10.6. The van der Waals surface area contributed by atoms with Crippen molar-refractivity contribution in [2.75, 3.05) is 6.54 Å². The van der Waals surface area contributed by atoms with E-state index in [1.807, 2.05) is 26.0 Å². The van der Waals surface area contributed by atoms with E-state index in [9.17, 15) is 4.79 Å². The second kappa shape index (κ2) is 10.1. The maximum Gasteiger partial charge on any atom is 0.237 e. The van der Waals surface area contributed by atoms with Gasteiger partial charge in [-0.15, -0.1) is 24.8 Å². The van der Waals surface area contributed by atoms with Crippen molar-refractivity contribution in [2.45, 2.75) is 26.3 Å². The standard InChI is InChI=1S/C12H19N3O.2ClH/c1-9(2)11(13)12(16)15-7-5-10-4-3-6-14-8-10;;/h3-4,6,8-9,11H,5,7,13H2,1-2H3,(H,15,16);2*1H. The van der Waals surface area contributed by atoms with Gasteiger partial charge in [-0.05, 0) is 24.0 Å². The SMILES string of the molecule is CC(C)C(N)C(=O)NCCc1cccnc1.Cl.Cl. The number of halogens is 2. The molecule has 0 spiro atoms. The average molecular weight is 294 g/mol. The molecule has 0 aromatic carbocycles. The van der Waals surface area contributed by atoms with Crippen molar-refractivity contribution in [1.82, 2.24) is 10.3 Å². The van der Waals surface area contributed by atoms with Crippen LogP contribution in [-0.2, 0) is 11.2 Å². The third-order valence-corrected chi connectivity index (χ3v) is 2.46. The lowest BCUT2D eigenvalue weighted by atomic mass is 10.1. The third kappa shape index (κ3) is 6.79. The fourth-order valence-electron chi connectivity index (χ4n) is 1.30. The number of pyridine rings is 1. The first kappa shape index (κ1) is 19.5. The fraction of sp³-hybridized carbons (Fsp3) is 0.500. The molecule has 1 atom stereocenters. The molecule has 18 heavy (non-hydrogen) atoms. The van der Waals surface area contributed by atoms with E-state index in [4.69, 9.17) is 5.73 Å². The van der Waals surface area contributed by atoms with Crippen molar-refractivity contribution in [1.29, 1.82) is 0 Å². The molecule has 1 unspecified atom stereocenters. The molecule has 0 saturated heterocycles. The Morgan fingerprint density at radius 2 is 2.11 bits per heavy atom. The summed E-state index contributed by atoms with van der Waals surface area (Å²) in [6, 6.07) is 3.45. The summed E-state index contributed by atoms with van der Waals surface area (Å²) >= 11 is 0. The molecule has 1 rings (SSSR count). The summed E-state index contributed by atoms with van der Waals surface area (Å²) in [5.74, 6) is 0.0808. The molecular formula is C12H21Cl2N3O. The highest BCUT2D eigenvalue weighted by molar-refractivity contribution is 5.85. The van der Waals surface area contributed by atoms with Crippen LogP contribution in [0.5, 0.6) is 0 Å². The minimum Gasteiger partial charge on any atom is -0.354 e. The van der Waals surface area contributed by atoms with Gasteiger partial charge in [0, 0.05) is 18.9 Å². The first-order chi connectivity index (χ1) is 7.61. The van der Waals surface area contributed by atoms with E-state index in [1.165, 1.54) is 0 Å². The predicted molar refractivity (Wildman–Crippen MR) is 78.3 cm³/mol. The normalized spacial score (nSPS) is 11.1. The Labute approximate surface area is 121 Å². The summed E-state index contributed by atoms with van der Waals surface area (Å²) in [6.07, 6.45) is 4.32. The van der Waals surface area contributed by atoms with Gasteiger partial charge < -0.3 is 11.1 Å². The Kier molecular flexibility index (Phi) is 11.0. The van der Waals surface area contributed by atoms with Gasteiger partial charge in [0.2, 0.25) is 5.91 Å². The summed E-state index contributed by atoms with van der Waals surface area (Å²) in [4.78, 5) is 15.5. The lowest BCUT2D eigenvalue weighted by Gasteiger charge is -2.15. The number of carbonyl (C=O) groups is 1. The maximum atomic E-state index is 11.5. The zero-order valence-corrected chi connectivity index (χ0v) is 12.3. The number of hydrogen-bond acceptors (Lipinski definition) is 3. The van der Waals surface area contributed by atoms with Crippen LogP contribution >= 0.6 is 24.8 Å². The van der Waals surface area contributed by atoms with Gasteiger partial charge in [-0.25, -0.2) is 0 Å². The second-order valence-electron chi connectivity index (χ2n) is 4.17. The van der Waals surface area contributed by atoms with Gasteiger partial charge in [0.1, 0.15) is 0 Å². The second-order valence-corrected chi connectivity index (χ2v) is 4.17. The van der Waals surface area contributed by atoms with E-state index in [-0.39, 0.29) is 36.6 Å². The molecule has 3 N–H and O–H groups in total. The Bertz CT molecular complexity index is 333. The monoisotopic (exact) mass is 293 g/mol. The van der Waals surface area contributed by atoms with Crippen LogP contribution in [0.25, 0.3) is 0 Å². The highest BCUT2D eigenvalue weighted by atomic mass is 35.5. The van der Waals surface area contributed by atoms with Gasteiger partial charge in [0.15, 0.2) is 0 Å². The van der Waals surface area contributed by atoms with Crippen LogP contribution in [0.1, 0.15) is 19.4 Å². The molecular weight excluding hydrogens is 273 g/mol. The quantitative estimate of drug-likeness (QED) is 0.866. The number of nitrogens with zero attached hydrogens (tertiary/aromatic N) is 1. The predicted octanol–water partition coefficient (Wildman–Crippen LogP) is 1.57. The van der Waals surface area contributed by atoms with Crippen LogP contribution in [0.2, 0.25) is 0 Å². The lowest BCUT2D eigenvalue weighted by molar-refractivity contribution is -0.123. The maximum absolute atomic E-state index is 11.5. The fourth-order valence-corrected chi connectivity index (χ4v) is 1.30. The number of nitrogens with one attached hydrogen (secondary N) is 1. The van der Waals surface area contributed by atoms with Crippen LogP contribution in [0.3, 0.4) is 0 Å². The van der Waals surface area contributed by atoms with Gasteiger partial charge in [0.25, 0.3) is 0 Å². The molecule has 1 aromatic heterocycles. The first-order valence-corrected chi connectivity index (χ1v) is 5.53. The van der Waals surface area contributed by atoms with Crippen molar-refractivity contribution in [2.24, 2.45) is 11.7 Å². The lowest BCUT2D eigenvalue weighted by Crippen LogP contribution is -2.44. The van der Waals surface area contributed by atoms with Crippen LogP contribution in [0.15, 0.2) is 24.5 Å². The topological polar surface area (TPSA) is 68.0 Å². The average Bonchev–Trinajstić information content (AvgIpc) is 2.29. The van der Waals surface area contributed by atoms with Crippen molar-refractivity contribution < 1.29 is 4.79 Å². The number of aromatic nitrogens is 1. The van der Waals surface area contributed by atoms with E-state index in [1.54, 1.807) is 12.4 Å². The molecule has 0 aliphatic heterocycles. The molecule has 1 heterocycles. The van der Waals surface area contributed by atoms with Crippen molar-refractivity contribution in [3.63, 3.8) is 0 Å². The molecule has 1 aromatic rings. The van der Waals surface area contributed by atoms with E-state index >= 15 is 0 Å². The van der Waals surface area contributed by atoms with E-state index < -0.39 is 6.04 Å². The Morgan fingerprint density at radius 3 is 2.61 bits per heavy atom. The third-order valence-electron chi connectivity index (χ3n) is 2.46. The van der Waals surface area contributed by atoms with E-state index in [2.05, 4.69) is 10.3 Å². The summed E-state index contributed by atoms with van der Waals surface area (Å²) < 4.78 is 0. The summed E-state index contributed by atoms with van der Waals surface area (Å²) in [6.45, 7) is 4.47. The van der Waals surface area contributed by atoms with Gasteiger partial charge in [-0.3, -0.25) is 9.78 Å². The minimum absolute atomic E-state index is 0. The van der Waals surface area contributed by atoms with Crippen molar-refractivity contribution in [3.05, 3.63) is 30.1 Å². The number of rotatable bonds is 5. The molecule has 0 saturated carbocycles. The molecule has 6 heteroatoms. The van der Waals surface area contributed by atoms with Crippen LogP contribution in [0.4, 0.5) is 0 Å². The summed E-state index contributed by atoms with van der Waals surface area (Å²) in [5.41, 5.74) is 6.83. The molecule has 4 nitrogen and oxygen atoms in total. The molecule has 1 amide bonds. The summed E-state index contributed by atoms with van der Waals surface area (Å²) in [7, 11) is 0. The number of hydrogen-bond donors (Lipinski definition) is 2. The van der Waals surface area contributed by atoms with Crippen LogP contribution in [-0.4, -0.2) is 23.5 Å². The molecule has 104 valence electrons. The number of amides is 1. The molecule has 0 bridgehead atoms. The van der Waals surface area contributed by atoms with E-state index in [0.29, 0.717) is 6.54 Å². The van der Waals surface area contributed by atoms with Crippen molar-refractivity contribution in [3.8, 4) is 0 Å². The number of carbonyl (C=O) groups excluding carboxylic acids is 1. The van der Waals surface area contributed by atoms with Gasteiger partial charge in [0.05, 0.1) is 6.04 Å². The largest absolute Gasteiger partial charge is 0.354 e. The molecule has 0 radical (unpaired) electrons. The smallest absolute Gasteiger partial charge is 0.237 e. The van der Waals surface area contributed by atoms with E-state index in [0.717, 1.165) is 12.0 Å². The van der Waals surface area contributed by atoms with Crippen molar-refractivity contribution >= 4 is 30.7 Å². The summed E-state index contributed by atoms with van der Waals surface area (Å²) in [5, 5.41) is 2.82. The van der Waals surface area contributed by atoms with Crippen LogP contribution in [0, 0.1) is 5.92 Å². The molecule has 0 aliphatic carbocycles. The molecule has 0 aliphatic rings. The number of nitrogens with two attached hydrogens (primary N) is 1. The van der Waals surface area contributed by atoms with Crippen LogP contribution < -0.4 is 11.1 Å². The highest BCUT2D eigenvalue weighted by Gasteiger charge is 2.15. The highest BCUT2D eigenvalue weighted by Crippen LogP contribution is 1.99. The Morgan fingerprint density at radius 1 is 1.44 bits per heavy atom. The first-order valence-electron chi connectivity index (χ1n) is 5.53. The van der Waals surface area contributed by atoms with Gasteiger partial charge >= 0.3 is 0 Å². The zero-order chi connectivity index (χ0) is 12.0. The Balaban J connectivity index is 0. The minimum atomic E-state index is -0.422. The van der Waals surface area contributed by atoms with Gasteiger partial charge in [-0.2, -0.15) is 0 Å².